The number of hydrogen-bond donors (Lipinski definition) is 1. The Hall–Kier alpha value is -1.75. The number of methoxy groups -OCH3 is 2. The summed E-state index contributed by atoms with van der Waals surface area (Å²) in [5, 5.41) is 3.30. The third-order valence-corrected chi connectivity index (χ3v) is 4.47. The maximum absolute atomic E-state index is 11.9. The van der Waals surface area contributed by atoms with E-state index in [0.717, 1.165) is 37.9 Å². The van der Waals surface area contributed by atoms with E-state index >= 15 is 0 Å². The van der Waals surface area contributed by atoms with Gasteiger partial charge in [0.2, 0.25) is 5.91 Å². The van der Waals surface area contributed by atoms with Crippen molar-refractivity contribution in [3.05, 3.63) is 24.3 Å². The van der Waals surface area contributed by atoms with Crippen LogP contribution >= 0.6 is 24.0 Å². The van der Waals surface area contributed by atoms with E-state index in [9.17, 15) is 4.79 Å². The fourth-order valence-electron chi connectivity index (χ4n) is 2.79. The molecule has 2 rings (SSSR count). The highest BCUT2D eigenvalue weighted by molar-refractivity contribution is 14.0. The predicted octanol–water partition coefficient (Wildman–Crippen LogP) is 1.12. The van der Waals surface area contributed by atoms with Crippen LogP contribution in [0.1, 0.15) is 0 Å². The number of halogens is 1. The van der Waals surface area contributed by atoms with Gasteiger partial charge in [-0.1, -0.05) is 0 Å². The maximum Gasteiger partial charge on any atom is 0.243 e. The van der Waals surface area contributed by atoms with Crippen LogP contribution in [0.5, 0.6) is 5.75 Å². The number of nitrogens with one attached hydrogen (secondary N) is 1. The number of ether oxygens (including phenoxy) is 2. The van der Waals surface area contributed by atoms with E-state index in [1.54, 1.807) is 33.2 Å². The largest absolute Gasteiger partial charge is 0.497 e. The number of nitrogens with zero attached hydrogens (tertiary/aromatic N) is 4. The Labute approximate surface area is 184 Å². The summed E-state index contributed by atoms with van der Waals surface area (Å²) in [5.74, 6) is 1.61. The number of piperazine rings is 1. The molecule has 0 unspecified atom stereocenters. The second-order valence-electron chi connectivity index (χ2n) is 6.52. The smallest absolute Gasteiger partial charge is 0.243 e. The van der Waals surface area contributed by atoms with Crippen LogP contribution in [0.15, 0.2) is 29.3 Å². The molecule has 1 aliphatic rings. The molecule has 1 fully saturated rings. The Kier molecular flexibility index (Phi) is 11.0. The van der Waals surface area contributed by atoms with E-state index in [4.69, 9.17) is 9.47 Å². The van der Waals surface area contributed by atoms with E-state index in [-0.39, 0.29) is 36.4 Å². The van der Waals surface area contributed by atoms with Crippen LogP contribution in [0.4, 0.5) is 5.69 Å². The minimum atomic E-state index is -0.0158. The van der Waals surface area contributed by atoms with Crippen LogP contribution in [-0.4, -0.2) is 95.9 Å². The van der Waals surface area contributed by atoms with Gasteiger partial charge in [0.15, 0.2) is 5.96 Å². The lowest BCUT2D eigenvalue weighted by molar-refractivity contribution is -0.127. The van der Waals surface area contributed by atoms with Gasteiger partial charge in [-0.3, -0.25) is 4.79 Å². The molecule has 0 aromatic heterocycles. The van der Waals surface area contributed by atoms with Crippen LogP contribution in [0, 0.1) is 0 Å². The van der Waals surface area contributed by atoms with Crippen molar-refractivity contribution in [2.24, 2.45) is 4.99 Å². The van der Waals surface area contributed by atoms with Gasteiger partial charge in [0.1, 0.15) is 12.3 Å². The zero-order valence-corrected chi connectivity index (χ0v) is 19.5. The highest BCUT2D eigenvalue weighted by atomic mass is 127. The van der Waals surface area contributed by atoms with E-state index < -0.39 is 0 Å². The molecule has 0 atom stereocenters. The van der Waals surface area contributed by atoms with E-state index in [2.05, 4.69) is 32.2 Å². The SMILES string of the molecule is COCCNC(=NCC(=O)N(C)C)N1CCN(c2ccc(OC)cc2)CC1.I. The number of rotatable bonds is 7. The molecule has 158 valence electrons. The molecular formula is C19H32IN5O3. The minimum Gasteiger partial charge on any atom is -0.497 e. The number of hydrogen-bond acceptors (Lipinski definition) is 5. The molecule has 1 N–H and O–H groups in total. The lowest BCUT2D eigenvalue weighted by Gasteiger charge is -2.37. The number of carbonyl (C=O) groups is 1. The fraction of sp³-hybridized carbons (Fsp3) is 0.579. The molecular weight excluding hydrogens is 473 g/mol. The summed E-state index contributed by atoms with van der Waals surface area (Å²) in [5.41, 5.74) is 1.18. The zero-order valence-electron chi connectivity index (χ0n) is 17.2. The van der Waals surface area contributed by atoms with Gasteiger partial charge in [0.05, 0.1) is 13.7 Å². The van der Waals surface area contributed by atoms with Gasteiger partial charge < -0.3 is 29.5 Å². The Morgan fingerprint density at radius 1 is 1.14 bits per heavy atom. The van der Waals surface area contributed by atoms with Gasteiger partial charge in [0.25, 0.3) is 0 Å². The highest BCUT2D eigenvalue weighted by Crippen LogP contribution is 2.20. The van der Waals surface area contributed by atoms with Crippen LogP contribution in [0.2, 0.25) is 0 Å². The van der Waals surface area contributed by atoms with E-state index in [1.807, 2.05) is 12.1 Å². The topological polar surface area (TPSA) is 69.6 Å². The Morgan fingerprint density at radius 2 is 1.79 bits per heavy atom. The van der Waals surface area contributed by atoms with Crippen LogP contribution in [0.25, 0.3) is 0 Å². The molecule has 1 amide bonds. The molecule has 0 aliphatic carbocycles. The molecule has 8 nitrogen and oxygen atoms in total. The molecule has 9 heteroatoms. The zero-order chi connectivity index (χ0) is 19.6. The number of amides is 1. The fourth-order valence-corrected chi connectivity index (χ4v) is 2.79. The van der Waals surface area contributed by atoms with Crippen molar-refractivity contribution in [2.45, 2.75) is 0 Å². The first-order valence-corrected chi connectivity index (χ1v) is 9.16. The van der Waals surface area contributed by atoms with Crippen LogP contribution in [0.3, 0.4) is 0 Å². The lowest BCUT2D eigenvalue weighted by Crippen LogP contribution is -2.53. The summed E-state index contributed by atoms with van der Waals surface area (Å²) in [6.45, 7) is 4.83. The Bertz CT molecular complexity index is 617. The highest BCUT2D eigenvalue weighted by Gasteiger charge is 2.20. The molecule has 0 saturated carbocycles. The standard InChI is InChI=1S/C19H31N5O3.HI/c1-22(2)18(25)15-21-19(20-9-14-26-3)24-12-10-23(11-13-24)16-5-7-17(27-4)8-6-16;/h5-8H,9-15H2,1-4H3,(H,20,21);1H. The third kappa shape index (κ3) is 7.34. The minimum absolute atomic E-state index is 0. The third-order valence-electron chi connectivity index (χ3n) is 4.47. The number of benzene rings is 1. The number of aliphatic imine (C=N–C) groups is 1. The monoisotopic (exact) mass is 505 g/mol. The van der Waals surface area contributed by atoms with Gasteiger partial charge in [-0.2, -0.15) is 0 Å². The number of anilines is 1. The molecule has 1 aromatic carbocycles. The first-order chi connectivity index (χ1) is 13.0. The second kappa shape index (κ2) is 12.7. The van der Waals surface area contributed by atoms with Crippen molar-refractivity contribution in [1.29, 1.82) is 0 Å². The summed E-state index contributed by atoms with van der Waals surface area (Å²) in [4.78, 5) is 22.5. The molecule has 1 heterocycles. The number of likely N-dealkylation sites (N-methyl/N-ethyl adjacent to an activating group) is 1. The van der Waals surface area contributed by atoms with Crippen molar-refractivity contribution in [3.8, 4) is 5.75 Å². The molecule has 0 radical (unpaired) electrons. The number of carbonyl (C=O) groups excluding carboxylic acids is 1. The van der Waals surface area contributed by atoms with Crippen LogP contribution in [-0.2, 0) is 9.53 Å². The van der Waals surface area contributed by atoms with Gasteiger partial charge in [-0.05, 0) is 24.3 Å². The molecule has 0 bridgehead atoms. The molecule has 0 spiro atoms. The van der Waals surface area contributed by atoms with Crippen molar-refractivity contribution in [2.75, 3.05) is 79.1 Å². The molecule has 1 saturated heterocycles. The van der Waals surface area contributed by atoms with Gasteiger partial charge >= 0.3 is 0 Å². The second-order valence-corrected chi connectivity index (χ2v) is 6.52. The van der Waals surface area contributed by atoms with E-state index in [1.165, 1.54) is 5.69 Å². The van der Waals surface area contributed by atoms with Crippen LogP contribution < -0.4 is 15.0 Å². The summed E-state index contributed by atoms with van der Waals surface area (Å²) in [6, 6.07) is 8.12. The van der Waals surface area contributed by atoms with Crippen molar-refractivity contribution < 1.29 is 14.3 Å². The quantitative estimate of drug-likeness (QED) is 0.259. The summed E-state index contributed by atoms with van der Waals surface area (Å²) >= 11 is 0. The molecule has 1 aliphatic heterocycles. The lowest BCUT2D eigenvalue weighted by atomic mass is 10.2. The summed E-state index contributed by atoms with van der Waals surface area (Å²) in [7, 11) is 6.82. The van der Waals surface area contributed by atoms with E-state index in [0.29, 0.717) is 13.2 Å². The van der Waals surface area contributed by atoms with Crippen molar-refractivity contribution in [1.82, 2.24) is 15.1 Å². The van der Waals surface area contributed by atoms with Gasteiger partial charge in [0, 0.05) is 59.6 Å². The van der Waals surface area contributed by atoms with Gasteiger partial charge in [-0.15, -0.1) is 24.0 Å². The molecule has 1 aromatic rings. The maximum atomic E-state index is 11.9. The number of guanidine groups is 1. The van der Waals surface area contributed by atoms with Crippen molar-refractivity contribution in [3.63, 3.8) is 0 Å². The van der Waals surface area contributed by atoms with Crippen molar-refractivity contribution >= 4 is 41.5 Å². The first kappa shape index (κ1) is 24.3. The summed E-state index contributed by atoms with van der Waals surface area (Å²) < 4.78 is 10.3. The summed E-state index contributed by atoms with van der Waals surface area (Å²) in [6.07, 6.45) is 0. The average Bonchev–Trinajstić information content (AvgIpc) is 2.70. The Balaban J connectivity index is 0.00000392. The average molecular weight is 505 g/mol. The first-order valence-electron chi connectivity index (χ1n) is 9.16. The normalized spacial score (nSPS) is 14.4. The van der Waals surface area contributed by atoms with Gasteiger partial charge in [-0.25, -0.2) is 4.99 Å². The predicted molar refractivity (Wildman–Crippen MR) is 123 cm³/mol. The molecule has 28 heavy (non-hydrogen) atoms. The Morgan fingerprint density at radius 3 is 2.32 bits per heavy atom.